The van der Waals surface area contributed by atoms with E-state index in [0.717, 1.165) is 17.6 Å². The molecule has 29 heavy (non-hydrogen) atoms. The summed E-state index contributed by atoms with van der Waals surface area (Å²) in [6.07, 6.45) is 1.13. The first kappa shape index (κ1) is 22.0. The van der Waals surface area contributed by atoms with Crippen molar-refractivity contribution < 1.29 is 21.6 Å². The van der Waals surface area contributed by atoms with Gasteiger partial charge in [0.2, 0.25) is 4.80 Å². The molecule has 0 amide bonds. The number of ether oxygens (including phenoxy) is 1. The third-order valence-corrected chi connectivity index (χ3v) is 7.86. The van der Waals surface area contributed by atoms with Gasteiger partial charge in [-0.3, -0.25) is 0 Å². The average Bonchev–Trinajstić information content (AvgIpc) is 2.97. The lowest BCUT2D eigenvalue weighted by Crippen LogP contribution is -2.19. The van der Waals surface area contributed by atoms with E-state index in [9.17, 15) is 16.8 Å². The van der Waals surface area contributed by atoms with Gasteiger partial charge in [-0.2, -0.15) is 8.42 Å². The maximum atomic E-state index is 12.8. The Bertz CT molecular complexity index is 1310. The lowest BCUT2D eigenvalue weighted by molar-refractivity contribution is 0.139. The lowest BCUT2D eigenvalue weighted by Gasteiger charge is -2.06. The van der Waals surface area contributed by atoms with Crippen molar-refractivity contribution >= 4 is 53.0 Å². The number of sulfonamides is 1. The van der Waals surface area contributed by atoms with Crippen molar-refractivity contribution in [1.29, 1.82) is 0 Å². The Balaban J connectivity index is 2.19. The van der Waals surface area contributed by atoms with Crippen LogP contribution in [0.1, 0.15) is 6.92 Å². The van der Waals surface area contributed by atoms with E-state index in [1.165, 1.54) is 36.4 Å². The van der Waals surface area contributed by atoms with E-state index in [1.807, 2.05) is 6.92 Å². The minimum Gasteiger partial charge on any atom is -0.380 e. The predicted octanol–water partition coefficient (Wildman–Crippen LogP) is 3.09. The van der Waals surface area contributed by atoms with E-state index in [4.69, 9.17) is 16.3 Å². The molecule has 0 spiro atoms. The molecule has 0 unspecified atom stereocenters. The molecule has 3 aromatic rings. The van der Waals surface area contributed by atoms with E-state index in [-0.39, 0.29) is 14.6 Å². The second-order valence-electron chi connectivity index (χ2n) is 6.16. The molecule has 0 aliphatic heterocycles. The summed E-state index contributed by atoms with van der Waals surface area (Å²) < 4.78 is 61.0. The van der Waals surface area contributed by atoms with Crippen molar-refractivity contribution in [2.75, 3.05) is 19.5 Å². The number of nitrogens with zero attached hydrogens (tertiary/aromatic N) is 2. The number of thiazole rings is 1. The van der Waals surface area contributed by atoms with Crippen molar-refractivity contribution in [1.82, 2.24) is 4.57 Å². The van der Waals surface area contributed by atoms with Crippen LogP contribution in [-0.2, 0) is 31.1 Å². The molecule has 0 saturated heterocycles. The molecule has 2 aromatic carbocycles. The van der Waals surface area contributed by atoms with Gasteiger partial charge in [0.05, 0.1) is 26.6 Å². The summed E-state index contributed by atoms with van der Waals surface area (Å²) in [7, 11) is -7.36. The zero-order chi connectivity index (χ0) is 21.2. The van der Waals surface area contributed by atoms with Gasteiger partial charge in [0.25, 0.3) is 10.0 Å². The van der Waals surface area contributed by atoms with Crippen LogP contribution in [0.4, 0.5) is 0 Å². The number of hydrogen-bond donors (Lipinski definition) is 0. The van der Waals surface area contributed by atoms with Crippen molar-refractivity contribution in [3.8, 4) is 0 Å². The maximum Gasteiger partial charge on any atom is 0.285 e. The summed E-state index contributed by atoms with van der Waals surface area (Å²) in [6.45, 7) is 3.13. The molecule has 0 aliphatic carbocycles. The number of rotatable bonds is 7. The fourth-order valence-corrected chi connectivity index (χ4v) is 5.78. The molecule has 0 fully saturated rings. The summed E-state index contributed by atoms with van der Waals surface area (Å²) in [5.41, 5.74) is 0.687. The fourth-order valence-electron chi connectivity index (χ4n) is 2.63. The third kappa shape index (κ3) is 5.07. The van der Waals surface area contributed by atoms with Crippen LogP contribution < -0.4 is 4.80 Å². The molecule has 0 bridgehead atoms. The number of benzene rings is 2. The molecule has 0 N–H and O–H groups in total. The van der Waals surface area contributed by atoms with Gasteiger partial charge in [-0.25, -0.2) is 8.42 Å². The molecule has 156 valence electrons. The molecule has 1 heterocycles. The third-order valence-electron chi connectivity index (χ3n) is 4.06. The molecular weight excluding hydrogens is 456 g/mol. The zero-order valence-electron chi connectivity index (χ0n) is 15.7. The van der Waals surface area contributed by atoms with Gasteiger partial charge in [-0.1, -0.05) is 22.9 Å². The molecule has 0 aliphatic rings. The number of fused-ring (bicyclic) bond motifs is 1. The van der Waals surface area contributed by atoms with Crippen molar-refractivity contribution in [3.63, 3.8) is 0 Å². The van der Waals surface area contributed by atoms with E-state index in [0.29, 0.717) is 35.0 Å². The maximum absolute atomic E-state index is 12.8. The quantitative estimate of drug-likeness (QED) is 0.490. The second kappa shape index (κ2) is 8.57. The topological polar surface area (TPSA) is 94.8 Å². The summed E-state index contributed by atoms with van der Waals surface area (Å²) >= 11 is 6.94. The van der Waals surface area contributed by atoms with Gasteiger partial charge in [0.1, 0.15) is 0 Å². The van der Waals surface area contributed by atoms with Crippen molar-refractivity contribution in [2.24, 2.45) is 4.40 Å². The Morgan fingerprint density at radius 2 is 1.72 bits per heavy atom. The Morgan fingerprint density at radius 1 is 1.07 bits per heavy atom. The molecular formula is C18H19ClN2O5S3. The molecule has 0 saturated carbocycles. The van der Waals surface area contributed by atoms with Crippen molar-refractivity contribution in [3.05, 3.63) is 52.3 Å². The summed E-state index contributed by atoms with van der Waals surface area (Å²) in [5.74, 6) is 0. The number of aromatic nitrogens is 1. The normalized spacial score (nSPS) is 13.3. The van der Waals surface area contributed by atoms with Crippen LogP contribution in [0, 0.1) is 0 Å². The number of halogens is 1. The van der Waals surface area contributed by atoms with Crippen LogP contribution in [-0.4, -0.2) is 40.9 Å². The highest BCUT2D eigenvalue weighted by atomic mass is 35.5. The van der Waals surface area contributed by atoms with Gasteiger partial charge >= 0.3 is 0 Å². The minimum atomic E-state index is -3.97. The van der Waals surface area contributed by atoms with Gasteiger partial charge < -0.3 is 9.30 Å². The highest BCUT2D eigenvalue weighted by Gasteiger charge is 2.16. The average molecular weight is 475 g/mol. The smallest absolute Gasteiger partial charge is 0.285 e. The van der Waals surface area contributed by atoms with Crippen LogP contribution in [0.5, 0.6) is 0 Å². The number of hydrogen-bond acceptors (Lipinski definition) is 6. The number of sulfone groups is 1. The first-order chi connectivity index (χ1) is 13.6. The molecule has 0 atom stereocenters. The summed E-state index contributed by atoms with van der Waals surface area (Å²) in [4.78, 5) is 0.420. The van der Waals surface area contributed by atoms with Crippen molar-refractivity contribution in [2.45, 2.75) is 23.3 Å². The van der Waals surface area contributed by atoms with Gasteiger partial charge in [-0.05, 0) is 49.4 Å². The predicted molar refractivity (Wildman–Crippen MR) is 114 cm³/mol. The van der Waals surface area contributed by atoms with E-state index in [2.05, 4.69) is 4.40 Å². The van der Waals surface area contributed by atoms with E-state index < -0.39 is 19.9 Å². The standard InChI is InChI=1S/C18H19ClN2O5S3/c1-3-26-11-10-21-16-9-8-15(28(2,22)23)12-17(16)27-18(21)20-29(24,25)14-6-4-13(19)5-7-14/h4-9,12H,3,10-11H2,1-2H3. The van der Waals surface area contributed by atoms with Crippen LogP contribution in [0.15, 0.2) is 56.7 Å². The van der Waals surface area contributed by atoms with Gasteiger partial charge in [-0.15, -0.1) is 4.40 Å². The highest BCUT2D eigenvalue weighted by molar-refractivity contribution is 7.90. The summed E-state index contributed by atoms with van der Waals surface area (Å²) in [6, 6.07) is 10.4. The van der Waals surface area contributed by atoms with Crippen LogP contribution in [0.25, 0.3) is 10.2 Å². The Hall–Kier alpha value is -1.72. The monoisotopic (exact) mass is 474 g/mol. The Morgan fingerprint density at radius 3 is 2.34 bits per heavy atom. The highest BCUT2D eigenvalue weighted by Crippen LogP contribution is 2.23. The van der Waals surface area contributed by atoms with E-state index in [1.54, 1.807) is 10.6 Å². The fraction of sp³-hybridized carbons (Fsp3) is 0.278. The molecule has 1 aromatic heterocycles. The second-order valence-corrected chi connectivity index (χ2v) is 11.2. The lowest BCUT2D eigenvalue weighted by atomic mass is 10.3. The molecule has 7 nitrogen and oxygen atoms in total. The molecule has 3 rings (SSSR count). The van der Waals surface area contributed by atoms with Crippen LogP contribution in [0.2, 0.25) is 5.02 Å². The summed E-state index contributed by atoms with van der Waals surface area (Å²) in [5, 5.41) is 0.422. The first-order valence-electron chi connectivity index (χ1n) is 8.59. The van der Waals surface area contributed by atoms with Crippen LogP contribution in [0.3, 0.4) is 0 Å². The minimum absolute atomic E-state index is 0.0209. The van der Waals surface area contributed by atoms with E-state index >= 15 is 0 Å². The molecule has 11 heteroatoms. The Kier molecular flexibility index (Phi) is 6.49. The van der Waals surface area contributed by atoms with Gasteiger partial charge in [0.15, 0.2) is 9.84 Å². The zero-order valence-corrected chi connectivity index (χ0v) is 18.9. The molecule has 0 radical (unpaired) electrons. The first-order valence-corrected chi connectivity index (χ1v) is 13.1. The Labute approximate surface area is 178 Å². The van der Waals surface area contributed by atoms with Gasteiger partial charge in [0, 0.05) is 24.4 Å². The SMILES string of the molecule is CCOCCn1c(=NS(=O)(=O)c2ccc(Cl)cc2)sc2cc(S(C)(=O)=O)ccc21. The van der Waals surface area contributed by atoms with Crippen LogP contribution >= 0.6 is 22.9 Å². The largest absolute Gasteiger partial charge is 0.380 e.